The first kappa shape index (κ1) is 9.17. The maximum absolute atomic E-state index is 12.8. The quantitative estimate of drug-likeness (QED) is 0.725. The molecule has 1 aromatic rings. The van der Waals surface area contributed by atoms with Gasteiger partial charge in [0.2, 0.25) is 6.17 Å². The molecule has 0 unspecified atom stereocenters. The Morgan fingerprint density at radius 1 is 1.64 bits per heavy atom. The van der Waals surface area contributed by atoms with E-state index >= 15 is 0 Å². The Balaban J connectivity index is 3.05. The molecule has 11 heavy (non-hydrogen) atoms. The minimum Gasteiger partial charge on any atom is -0.229 e. The van der Waals surface area contributed by atoms with E-state index in [2.05, 4.69) is 36.8 Å². The van der Waals surface area contributed by atoms with Gasteiger partial charge in [-0.1, -0.05) is 17.3 Å². The van der Waals surface area contributed by atoms with Crippen molar-refractivity contribution in [1.29, 1.82) is 0 Å². The van der Waals surface area contributed by atoms with E-state index in [0.717, 1.165) is 0 Å². The molecule has 58 valence electrons. The van der Waals surface area contributed by atoms with Crippen LogP contribution >= 0.6 is 43.2 Å². The lowest BCUT2D eigenvalue weighted by Crippen LogP contribution is -1.87. The second-order valence-electron chi connectivity index (χ2n) is 1.65. The smallest absolute Gasteiger partial charge is 0.204 e. The van der Waals surface area contributed by atoms with E-state index in [1.54, 1.807) is 0 Å². The van der Waals surface area contributed by atoms with E-state index in [4.69, 9.17) is 6.42 Å². The van der Waals surface area contributed by atoms with E-state index in [1.165, 1.54) is 11.3 Å². The maximum Gasteiger partial charge on any atom is 0.204 e. The highest BCUT2D eigenvalue weighted by Crippen LogP contribution is 2.33. The Kier molecular flexibility index (Phi) is 3.05. The van der Waals surface area contributed by atoms with Gasteiger partial charge in [-0.25, -0.2) is 9.37 Å². The number of hydrogen-bond donors (Lipinski definition) is 0. The molecule has 1 rings (SSSR count). The van der Waals surface area contributed by atoms with Crippen LogP contribution in [-0.2, 0) is 0 Å². The van der Waals surface area contributed by atoms with Gasteiger partial charge in [0.05, 0.1) is 3.79 Å². The second kappa shape index (κ2) is 3.65. The number of thiazole rings is 1. The fourth-order valence-corrected chi connectivity index (χ4v) is 3.15. The summed E-state index contributed by atoms with van der Waals surface area (Å²) in [6.07, 6.45) is 3.46. The maximum atomic E-state index is 12.8. The van der Waals surface area contributed by atoms with E-state index in [0.29, 0.717) is 7.70 Å². The Hall–Kier alpha value is 0.0800. The van der Waals surface area contributed by atoms with Gasteiger partial charge >= 0.3 is 0 Å². The number of hydrogen-bond acceptors (Lipinski definition) is 2. The molecule has 1 atom stereocenters. The summed E-state index contributed by atoms with van der Waals surface area (Å²) in [4.78, 5) is 3.85. The number of nitrogens with zero attached hydrogens (tertiary/aromatic N) is 1. The van der Waals surface area contributed by atoms with Gasteiger partial charge in [0, 0.05) is 0 Å². The van der Waals surface area contributed by atoms with Gasteiger partial charge in [-0.15, -0.1) is 6.42 Å². The molecule has 0 amide bonds. The Morgan fingerprint density at radius 3 is 2.64 bits per heavy atom. The first-order chi connectivity index (χ1) is 5.15. The van der Waals surface area contributed by atoms with Gasteiger partial charge in [0.1, 0.15) is 5.69 Å². The zero-order valence-electron chi connectivity index (χ0n) is 5.14. The summed E-state index contributed by atoms with van der Waals surface area (Å²) in [5.41, 5.74) is 0.268. The van der Waals surface area contributed by atoms with Gasteiger partial charge in [-0.2, -0.15) is 0 Å². The molecule has 0 spiro atoms. The molecule has 1 aromatic heterocycles. The summed E-state index contributed by atoms with van der Waals surface area (Å²) >= 11 is 7.57. The van der Waals surface area contributed by atoms with Crippen LogP contribution in [0, 0.1) is 12.3 Å². The molecule has 0 aliphatic rings. The predicted molar refractivity (Wildman–Crippen MR) is 50.2 cm³/mol. The molecule has 0 aliphatic heterocycles. The van der Waals surface area contributed by atoms with Gasteiger partial charge < -0.3 is 0 Å². The lowest BCUT2D eigenvalue weighted by molar-refractivity contribution is 0.419. The van der Waals surface area contributed by atoms with Gasteiger partial charge in [-0.3, -0.25) is 0 Å². The van der Waals surface area contributed by atoms with Crippen LogP contribution in [0.15, 0.2) is 7.70 Å². The third kappa shape index (κ3) is 2.01. The Labute approximate surface area is 84.3 Å². The highest BCUT2D eigenvalue weighted by Gasteiger charge is 2.15. The first-order valence-corrected chi connectivity index (χ1v) is 4.97. The van der Waals surface area contributed by atoms with E-state index in [-0.39, 0.29) is 5.69 Å². The summed E-state index contributed by atoms with van der Waals surface area (Å²) in [6, 6.07) is 0. The van der Waals surface area contributed by atoms with Crippen molar-refractivity contribution < 1.29 is 4.39 Å². The number of rotatable bonds is 1. The standard InChI is InChI=1S/C6H2Br2FNS/c1-2-3(9)4-5(7)11-6(8)10-4/h1,3H/t3-/m1/s1. The monoisotopic (exact) mass is 297 g/mol. The number of terminal acetylenes is 1. The van der Waals surface area contributed by atoms with Crippen LogP contribution in [0.25, 0.3) is 0 Å². The number of halogens is 3. The van der Waals surface area contributed by atoms with Crippen molar-refractivity contribution in [2.75, 3.05) is 0 Å². The SMILES string of the molecule is C#C[C@@H](F)c1nc(Br)sc1Br. The minimum atomic E-state index is -1.42. The summed E-state index contributed by atoms with van der Waals surface area (Å²) in [5.74, 6) is 1.96. The lowest BCUT2D eigenvalue weighted by atomic mass is 10.3. The molecule has 0 aromatic carbocycles. The molecule has 5 heteroatoms. The van der Waals surface area contributed by atoms with Crippen LogP contribution in [0.4, 0.5) is 4.39 Å². The van der Waals surface area contributed by atoms with Crippen molar-refractivity contribution in [1.82, 2.24) is 4.98 Å². The summed E-state index contributed by atoms with van der Waals surface area (Å²) in [7, 11) is 0. The third-order valence-corrected chi connectivity index (χ3v) is 3.17. The average Bonchev–Trinajstić information content (AvgIpc) is 2.28. The predicted octanol–water partition coefficient (Wildman–Crippen LogP) is 3.31. The minimum absolute atomic E-state index is 0.268. The molecule has 0 saturated carbocycles. The fraction of sp³-hybridized carbons (Fsp3) is 0.167. The van der Waals surface area contributed by atoms with Crippen molar-refractivity contribution in [3.05, 3.63) is 13.4 Å². The summed E-state index contributed by atoms with van der Waals surface area (Å²) in [6.45, 7) is 0. The highest BCUT2D eigenvalue weighted by molar-refractivity contribution is 9.12. The van der Waals surface area contributed by atoms with E-state index < -0.39 is 6.17 Å². The van der Waals surface area contributed by atoms with Gasteiger partial charge in [0.25, 0.3) is 0 Å². The topological polar surface area (TPSA) is 12.9 Å². The number of alkyl halides is 1. The second-order valence-corrected chi connectivity index (χ2v) is 5.25. The van der Waals surface area contributed by atoms with E-state index in [9.17, 15) is 4.39 Å². The molecule has 0 radical (unpaired) electrons. The van der Waals surface area contributed by atoms with Crippen molar-refractivity contribution >= 4 is 43.2 Å². The number of aromatic nitrogens is 1. The van der Waals surface area contributed by atoms with Crippen molar-refractivity contribution in [2.45, 2.75) is 6.17 Å². The summed E-state index contributed by atoms with van der Waals surface area (Å²) in [5, 5.41) is 0. The summed E-state index contributed by atoms with van der Waals surface area (Å²) < 4.78 is 14.1. The van der Waals surface area contributed by atoms with Crippen LogP contribution in [-0.4, -0.2) is 4.98 Å². The lowest BCUT2D eigenvalue weighted by Gasteiger charge is -1.93. The van der Waals surface area contributed by atoms with Crippen molar-refractivity contribution in [3.8, 4) is 12.3 Å². The molecular formula is C6H2Br2FNS. The average molecular weight is 299 g/mol. The first-order valence-electron chi connectivity index (χ1n) is 2.57. The fourth-order valence-electron chi connectivity index (χ4n) is 0.523. The molecule has 0 saturated heterocycles. The molecule has 0 N–H and O–H groups in total. The van der Waals surface area contributed by atoms with Crippen LogP contribution in [0.3, 0.4) is 0 Å². The van der Waals surface area contributed by atoms with Gasteiger partial charge in [-0.05, 0) is 31.9 Å². The molecule has 0 bridgehead atoms. The molecule has 1 nitrogen and oxygen atoms in total. The Morgan fingerprint density at radius 2 is 2.27 bits per heavy atom. The molecule has 0 aliphatic carbocycles. The normalized spacial score (nSPS) is 12.5. The largest absolute Gasteiger partial charge is 0.229 e. The molecule has 0 fully saturated rings. The van der Waals surface area contributed by atoms with Crippen LogP contribution in [0.5, 0.6) is 0 Å². The van der Waals surface area contributed by atoms with Crippen LogP contribution in [0.1, 0.15) is 11.9 Å². The van der Waals surface area contributed by atoms with Crippen molar-refractivity contribution in [3.63, 3.8) is 0 Å². The van der Waals surface area contributed by atoms with Crippen LogP contribution < -0.4 is 0 Å². The Bertz CT molecular complexity index is 304. The van der Waals surface area contributed by atoms with Gasteiger partial charge in [0.15, 0.2) is 3.92 Å². The van der Waals surface area contributed by atoms with Crippen LogP contribution in [0.2, 0.25) is 0 Å². The zero-order chi connectivity index (χ0) is 8.43. The van der Waals surface area contributed by atoms with E-state index in [1.807, 2.05) is 5.92 Å². The third-order valence-electron chi connectivity index (χ3n) is 0.970. The van der Waals surface area contributed by atoms with Crippen molar-refractivity contribution in [2.24, 2.45) is 0 Å². The molecular weight excluding hydrogens is 297 g/mol. The zero-order valence-corrected chi connectivity index (χ0v) is 9.13. The molecule has 1 heterocycles. The highest BCUT2D eigenvalue weighted by atomic mass is 79.9.